The van der Waals surface area contributed by atoms with E-state index in [0.29, 0.717) is 22.9 Å². The predicted octanol–water partition coefficient (Wildman–Crippen LogP) is 6.60. The molecule has 0 bridgehead atoms. The number of aryl methyl sites for hydroxylation is 1. The third-order valence-electron chi connectivity index (χ3n) is 5.68. The van der Waals surface area contributed by atoms with E-state index < -0.39 is 11.4 Å². The fraction of sp³-hybridized carbons (Fsp3) is 0.179. The zero-order valence-corrected chi connectivity index (χ0v) is 19.4. The van der Waals surface area contributed by atoms with Gasteiger partial charge in [-0.15, -0.1) is 0 Å². The molecule has 0 aliphatic heterocycles. The molecule has 0 atom stereocenters. The van der Waals surface area contributed by atoms with Gasteiger partial charge in [0.2, 0.25) is 0 Å². The minimum absolute atomic E-state index is 0.585. The first kappa shape index (κ1) is 23.0. The number of rotatable bonds is 8. The predicted molar refractivity (Wildman–Crippen MR) is 134 cm³/mol. The Balaban J connectivity index is 1.60. The van der Waals surface area contributed by atoms with Crippen LogP contribution in [0.25, 0.3) is 11.3 Å². The minimum atomic E-state index is -0.998. The molecule has 0 aliphatic carbocycles. The molecule has 6 heteroatoms. The molecule has 0 radical (unpaired) electrons. The summed E-state index contributed by atoms with van der Waals surface area (Å²) in [5.41, 5.74) is 3.21. The molecule has 0 aliphatic rings. The summed E-state index contributed by atoms with van der Waals surface area (Å²) in [5.74, 6) is 0.978. The Morgan fingerprint density at radius 1 is 1.00 bits per heavy atom. The van der Waals surface area contributed by atoms with E-state index in [9.17, 15) is 9.90 Å². The van der Waals surface area contributed by atoms with Crippen LogP contribution in [0.15, 0.2) is 85.1 Å². The van der Waals surface area contributed by atoms with Crippen molar-refractivity contribution in [3.8, 4) is 22.8 Å². The number of carbonyl (C=O) groups is 1. The molecule has 0 saturated carbocycles. The molecule has 34 heavy (non-hydrogen) atoms. The van der Waals surface area contributed by atoms with Gasteiger partial charge in [0.1, 0.15) is 17.3 Å². The van der Waals surface area contributed by atoms with Gasteiger partial charge in [0.25, 0.3) is 0 Å². The maximum absolute atomic E-state index is 11.6. The summed E-state index contributed by atoms with van der Waals surface area (Å²) in [4.78, 5) is 20.8. The van der Waals surface area contributed by atoms with Gasteiger partial charge in [0.15, 0.2) is 5.75 Å². The zero-order valence-electron chi connectivity index (χ0n) is 19.4. The number of carboxylic acid groups (broad SMARTS) is 1. The molecule has 0 unspecified atom stereocenters. The lowest BCUT2D eigenvalue weighted by molar-refractivity contribution is -0.142. The normalized spacial score (nSPS) is 11.1. The fourth-order valence-corrected chi connectivity index (χ4v) is 3.50. The lowest BCUT2D eigenvalue weighted by Crippen LogP contribution is -2.28. The van der Waals surface area contributed by atoms with Crippen LogP contribution in [0.3, 0.4) is 0 Å². The molecule has 0 spiro atoms. The quantitative estimate of drug-likeness (QED) is 0.312. The molecule has 0 saturated heterocycles. The molecular weight excluding hydrogens is 426 g/mol. The monoisotopic (exact) mass is 453 g/mol. The van der Waals surface area contributed by atoms with Gasteiger partial charge in [0, 0.05) is 29.2 Å². The van der Waals surface area contributed by atoms with Crippen LogP contribution in [0.2, 0.25) is 0 Å². The summed E-state index contributed by atoms with van der Waals surface area (Å²) in [6.07, 6.45) is 2.50. The van der Waals surface area contributed by atoms with Crippen LogP contribution in [-0.2, 0) is 16.6 Å². The molecule has 6 nitrogen and oxygen atoms in total. The van der Waals surface area contributed by atoms with Gasteiger partial charge < -0.3 is 15.2 Å². The van der Waals surface area contributed by atoms with Crippen molar-refractivity contribution >= 4 is 17.5 Å². The molecule has 2 N–H and O–H groups in total. The second-order valence-corrected chi connectivity index (χ2v) is 8.48. The number of benzene rings is 2. The van der Waals surface area contributed by atoms with Gasteiger partial charge in [0.05, 0.1) is 5.41 Å². The van der Waals surface area contributed by atoms with E-state index in [0.717, 1.165) is 29.1 Å². The van der Waals surface area contributed by atoms with Crippen molar-refractivity contribution in [2.24, 2.45) is 0 Å². The second kappa shape index (κ2) is 9.75. The fourth-order valence-electron chi connectivity index (χ4n) is 3.50. The summed E-state index contributed by atoms with van der Waals surface area (Å²) in [6, 6.07) is 24.8. The first-order valence-electron chi connectivity index (χ1n) is 11.2. The lowest BCUT2D eigenvalue weighted by atomic mass is 9.84. The highest BCUT2D eigenvalue weighted by Gasteiger charge is 2.29. The molecular formula is C28H27N3O3. The SMILES string of the molecule is CCc1ccc(Oc2ccnc(Nc3cccc(C(C)(C)C(=O)O)c3)c2)c(-c2ccccc2)n1. The third kappa shape index (κ3) is 5.07. The summed E-state index contributed by atoms with van der Waals surface area (Å²) in [5, 5.41) is 12.8. The largest absolute Gasteiger partial charge is 0.481 e. The molecule has 4 rings (SSSR count). The number of pyridine rings is 2. The Morgan fingerprint density at radius 2 is 1.79 bits per heavy atom. The molecule has 172 valence electrons. The van der Waals surface area contributed by atoms with Crippen LogP contribution in [0.4, 0.5) is 11.5 Å². The molecule has 2 aromatic heterocycles. The highest BCUT2D eigenvalue weighted by molar-refractivity contribution is 5.81. The van der Waals surface area contributed by atoms with Crippen molar-refractivity contribution < 1.29 is 14.6 Å². The zero-order chi connectivity index (χ0) is 24.1. The Hall–Kier alpha value is -4.19. The van der Waals surface area contributed by atoms with E-state index in [1.165, 1.54) is 0 Å². The van der Waals surface area contributed by atoms with Gasteiger partial charge in [-0.3, -0.25) is 4.79 Å². The maximum atomic E-state index is 11.6. The van der Waals surface area contributed by atoms with Crippen LogP contribution in [0.1, 0.15) is 32.0 Å². The number of nitrogens with zero attached hydrogens (tertiary/aromatic N) is 2. The average molecular weight is 454 g/mol. The van der Waals surface area contributed by atoms with Gasteiger partial charge in [-0.05, 0) is 56.2 Å². The van der Waals surface area contributed by atoms with E-state index in [1.54, 1.807) is 32.2 Å². The third-order valence-corrected chi connectivity index (χ3v) is 5.68. The van der Waals surface area contributed by atoms with Gasteiger partial charge in [-0.1, -0.05) is 49.4 Å². The number of carboxylic acids is 1. The number of hydrogen-bond acceptors (Lipinski definition) is 5. The Kier molecular flexibility index (Phi) is 6.59. The molecule has 4 aromatic rings. The minimum Gasteiger partial charge on any atom is -0.481 e. The van der Waals surface area contributed by atoms with Crippen LogP contribution >= 0.6 is 0 Å². The number of nitrogens with one attached hydrogen (secondary N) is 1. The van der Waals surface area contributed by atoms with E-state index in [1.807, 2.05) is 66.7 Å². The summed E-state index contributed by atoms with van der Waals surface area (Å²) in [6.45, 7) is 5.44. The first-order chi connectivity index (χ1) is 16.4. The summed E-state index contributed by atoms with van der Waals surface area (Å²) in [7, 11) is 0. The highest BCUT2D eigenvalue weighted by atomic mass is 16.5. The average Bonchev–Trinajstić information content (AvgIpc) is 2.85. The van der Waals surface area contributed by atoms with Gasteiger partial charge >= 0.3 is 5.97 Å². The Labute approximate surface area is 199 Å². The number of ether oxygens (including phenoxy) is 1. The first-order valence-corrected chi connectivity index (χ1v) is 11.2. The number of hydrogen-bond donors (Lipinski definition) is 2. The number of aliphatic carboxylic acids is 1. The molecule has 0 amide bonds. The van der Waals surface area contributed by atoms with Gasteiger partial charge in [-0.25, -0.2) is 9.97 Å². The van der Waals surface area contributed by atoms with E-state index in [-0.39, 0.29) is 0 Å². The van der Waals surface area contributed by atoms with Crippen LogP contribution in [-0.4, -0.2) is 21.0 Å². The maximum Gasteiger partial charge on any atom is 0.313 e. The van der Waals surface area contributed by atoms with E-state index in [2.05, 4.69) is 17.2 Å². The van der Waals surface area contributed by atoms with Crippen molar-refractivity contribution in [2.75, 3.05) is 5.32 Å². The summed E-state index contributed by atoms with van der Waals surface area (Å²) < 4.78 is 6.23. The molecule has 0 fully saturated rings. The number of anilines is 2. The molecule has 2 aromatic carbocycles. The van der Waals surface area contributed by atoms with Crippen LogP contribution < -0.4 is 10.1 Å². The van der Waals surface area contributed by atoms with Crippen LogP contribution in [0, 0.1) is 0 Å². The van der Waals surface area contributed by atoms with Crippen molar-refractivity contribution in [3.05, 3.63) is 96.3 Å². The highest BCUT2D eigenvalue weighted by Crippen LogP contribution is 2.33. The van der Waals surface area contributed by atoms with E-state index >= 15 is 0 Å². The summed E-state index contributed by atoms with van der Waals surface area (Å²) >= 11 is 0. The Morgan fingerprint density at radius 3 is 2.53 bits per heavy atom. The smallest absolute Gasteiger partial charge is 0.313 e. The Bertz CT molecular complexity index is 1300. The standard InChI is InChI=1S/C28H27N3O3/c1-4-21-13-14-24(26(31-21)19-9-6-5-7-10-19)34-23-15-16-29-25(18-23)30-22-12-8-11-20(17-22)28(2,3)27(32)33/h5-18H,4H2,1-3H3,(H,29,30)(H,32,33). The van der Waals surface area contributed by atoms with Crippen LogP contribution in [0.5, 0.6) is 11.5 Å². The van der Waals surface area contributed by atoms with Crippen molar-refractivity contribution in [2.45, 2.75) is 32.6 Å². The second-order valence-electron chi connectivity index (χ2n) is 8.48. The van der Waals surface area contributed by atoms with E-state index in [4.69, 9.17) is 9.72 Å². The topological polar surface area (TPSA) is 84.3 Å². The van der Waals surface area contributed by atoms with Gasteiger partial charge in [-0.2, -0.15) is 0 Å². The molecule has 2 heterocycles. The van der Waals surface area contributed by atoms with Crippen molar-refractivity contribution in [1.82, 2.24) is 9.97 Å². The van der Waals surface area contributed by atoms with Crippen molar-refractivity contribution in [1.29, 1.82) is 0 Å². The lowest BCUT2D eigenvalue weighted by Gasteiger charge is -2.20. The number of aromatic nitrogens is 2. The van der Waals surface area contributed by atoms with Crippen molar-refractivity contribution in [3.63, 3.8) is 0 Å².